The minimum Gasteiger partial charge on any atom is -0.381 e. The number of anilines is 1. The molecule has 0 aliphatic carbocycles. The van der Waals surface area contributed by atoms with Crippen LogP contribution in [0.15, 0.2) is 47.7 Å². The first-order valence-corrected chi connectivity index (χ1v) is 10.5. The van der Waals surface area contributed by atoms with Crippen molar-refractivity contribution < 1.29 is 9.13 Å². The lowest BCUT2D eigenvalue weighted by molar-refractivity contribution is 0.0511. The van der Waals surface area contributed by atoms with E-state index in [4.69, 9.17) is 4.74 Å². The van der Waals surface area contributed by atoms with Crippen LogP contribution in [0.5, 0.6) is 0 Å². The van der Waals surface area contributed by atoms with Gasteiger partial charge in [-0.25, -0.2) is 14.4 Å². The van der Waals surface area contributed by atoms with Crippen LogP contribution in [0.2, 0.25) is 0 Å². The molecule has 4 rings (SSSR count). The van der Waals surface area contributed by atoms with E-state index < -0.39 is 0 Å². The predicted molar refractivity (Wildman–Crippen MR) is 131 cm³/mol. The average Bonchev–Trinajstić information content (AvgIpc) is 2.81. The number of ether oxygens (including phenoxy) is 1. The van der Waals surface area contributed by atoms with Gasteiger partial charge in [0.15, 0.2) is 5.96 Å². The monoisotopic (exact) mass is 540 g/mol. The van der Waals surface area contributed by atoms with Crippen LogP contribution in [-0.4, -0.2) is 73.8 Å². The number of aliphatic imine (C=N–C) groups is 1. The van der Waals surface area contributed by atoms with Gasteiger partial charge in [-0.2, -0.15) is 0 Å². The van der Waals surface area contributed by atoms with Crippen molar-refractivity contribution in [3.8, 4) is 0 Å². The first-order chi connectivity index (χ1) is 14.7. The minimum absolute atomic E-state index is 0. The van der Waals surface area contributed by atoms with E-state index in [9.17, 15) is 4.39 Å². The molecule has 7 nitrogen and oxygen atoms in total. The molecule has 168 valence electrons. The van der Waals surface area contributed by atoms with Crippen molar-refractivity contribution in [1.82, 2.24) is 20.2 Å². The number of hydrogen-bond donors (Lipinski definition) is 1. The summed E-state index contributed by atoms with van der Waals surface area (Å²) in [6.07, 6.45) is 5.36. The zero-order valence-electron chi connectivity index (χ0n) is 17.8. The number of guanidine groups is 1. The van der Waals surface area contributed by atoms with Crippen molar-refractivity contribution in [2.24, 2.45) is 4.99 Å². The molecule has 0 radical (unpaired) electrons. The number of piperazine rings is 1. The average molecular weight is 540 g/mol. The summed E-state index contributed by atoms with van der Waals surface area (Å²) < 4.78 is 19.1. The first kappa shape index (κ1) is 23.6. The Morgan fingerprint density at radius 1 is 1.10 bits per heavy atom. The largest absolute Gasteiger partial charge is 0.381 e. The van der Waals surface area contributed by atoms with Crippen LogP contribution in [0.3, 0.4) is 0 Å². The Kier molecular flexibility index (Phi) is 8.42. The Morgan fingerprint density at radius 3 is 2.35 bits per heavy atom. The molecule has 1 aromatic carbocycles. The molecule has 2 aromatic rings. The first-order valence-electron chi connectivity index (χ1n) is 10.5. The third kappa shape index (κ3) is 5.62. The van der Waals surface area contributed by atoms with Crippen LogP contribution >= 0.6 is 24.0 Å². The standard InChI is InChI=1S/C22H29FN6O.HI/c1-24-20(28-11-13-29(14-12-28)21-25-9-2-10-26-21)27-17-22(7-15-30-16-8-22)18-3-5-19(23)6-4-18;/h2-6,9-10H,7-8,11-17H2,1H3,(H,24,27);1H. The van der Waals surface area contributed by atoms with Crippen LogP contribution < -0.4 is 10.2 Å². The maximum atomic E-state index is 13.5. The number of rotatable bonds is 4. The number of hydrogen-bond acceptors (Lipinski definition) is 5. The fourth-order valence-corrected chi connectivity index (χ4v) is 4.29. The van der Waals surface area contributed by atoms with Gasteiger partial charge in [-0.3, -0.25) is 4.99 Å². The highest BCUT2D eigenvalue weighted by Gasteiger charge is 2.35. The zero-order chi connectivity index (χ0) is 20.8. The Hall–Kier alpha value is -2.01. The van der Waals surface area contributed by atoms with Crippen molar-refractivity contribution in [2.45, 2.75) is 18.3 Å². The molecule has 2 saturated heterocycles. The Balaban J connectivity index is 0.00000272. The molecule has 0 unspecified atom stereocenters. The van der Waals surface area contributed by atoms with E-state index in [1.54, 1.807) is 24.5 Å². The second-order valence-corrected chi connectivity index (χ2v) is 7.82. The second kappa shape index (κ2) is 11.0. The molecule has 2 fully saturated rings. The molecule has 0 bridgehead atoms. The maximum Gasteiger partial charge on any atom is 0.225 e. The fourth-order valence-electron chi connectivity index (χ4n) is 4.29. The van der Waals surface area contributed by atoms with E-state index >= 15 is 0 Å². The number of halogens is 2. The molecular weight excluding hydrogens is 510 g/mol. The van der Waals surface area contributed by atoms with E-state index in [0.717, 1.165) is 63.0 Å². The molecule has 2 aliphatic rings. The highest BCUT2D eigenvalue weighted by Crippen LogP contribution is 2.34. The normalized spacial score (nSPS) is 19.0. The topological polar surface area (TPSA) is 65.9 Å². The van der Waals surface area contributed by atoms with Gasteiger partial charge in [-0.15, -0.1) is 24.0 Å². The summed E-state index contributed by atoms with van der Waals surface area (Å²) in [5.74, 6) is 1.47. The summed E-state index contributed by atoms with van der Waals surface area (Å²) >= 11 is 0. The van der Waals surface area contributed by atoms with Gasteiger partial charge in [0.2, 0.25) is 5.95 Å². The van der Waals surface area contributed by atoms with Crippen molar-refractivity contribution >= 4 is 35.9 Å². The van der Waals surface area contributed by atoms with Crippen LogP contribution in [0.4, 0.5) is 10.3 Å². The van der Waals surface area contributed by atoms with Gasteiger partial charge >= 0.3 is 0 Å². The van der Waals surface area contributed by atoms with Crippen LogP contribution in [0.25, 0.3) is 0 Å². The summed E-state index contributed by atoms with van der Waals surface area (Å²) in [6.45, 7) is 5.58. The van der Waals surface area contributed by atoms with Gasteiger partial charge in [-0.1, -0.05) is 12.1 Å². The Bertz CT molecular complexity index is 837. The van der Waals surface area contributed by atoms with Crippen molar-refractivity contribution in [3.63, 3.8) is 0 Å². The summed E-state index contributed by atoms with van der Waals surface area (Å²) in [4.78, 5) is 17.7. The van der Waals surface area contributed by atoms with E-state index in [-0.39, 0.29) is 35.2 Å². The van der Waals surface area contributed by atoms with Gasteiger partial charge in [0.05, 0.1) is 0 Å². The van der Waals surface area contributed by atoms with Gasteiger partial charge in [-0.05, 0) is 36.6 Å². The zero-order valence-corrected chi connectivity index (χ0v) is 20.2. The third-order valence-corrected chi connectivity index (χ3v) is 6.12. The Morgan fingerprint density at radius 2 is 1.74 bits per heavy atom. The maximum absolute atomic E-state index is 13.5. The van der Waals surface area contributed by atoms with Gasteiger partial charge in [0.25, 0.3) is 0 Å². The van der Waals surface area contributed by atoms with Crippen LogP contribution in [0.1, 0.15) is 18.4 Å². The summed E-state index contributed by atoms with van der Waals surface area (Å²) in [7, 11) is 1.82. The lowest BCUT2D eigenvalue weighted by atomic mass is 9.74. The number of nitrogens with one attached hydrogen (secondary N) is 1. The number of aromatic nitrogens is 2. The van der Waals surface area contributed by atoms with Crippen LogP contribution in [0, 0.1) is 5.82 Å². The summed E-state index contributed by atoms with van der Waals surface area (Å²) in [5, 5.41) is 3.59. The molecule has 1 N–H and O–H groups in total. The fraction of sp³-hybridized carbons (Fsp3) is 0.500. The summed E-state index contributed by atoms with van der Waals surface area (Å²) in [6, 6.07) is 8.74. The molecule has 9 heteroatoms. The molecule has 0 spiro atoms. The van der Waals surface area contributed by atoms with E-state index in [2.05, 4.69) is 30.1 Å². The molecule has 0 atom stereocenters. The number of nitrogens with zero attached hydrogens (tertiary/aromatic N) is 5. The third-order valence-electron chi connectivity index (χ3n) is 6.12. The smallest absolute Gasteiger partial charge is 0.225 e. The molecule has 0 saturated carbocycles. The van der Waals surface area contributed by atoms with E-state index in [1.807, 2.05) is 25.2 Å². The van der Waals surface area contributed by atoms with E-state index in [1.165, 1.54) is 0 Å². The molecule has 3 heterocycles. The highest BCUT2D eigenvalue weighted by molar-refractivity contribution is 14.0. The van der Waals surface area contributed by atoms with Gasteiger partial charge in [0.1, 0.15) is 5.82 Å². The summed E-state index contributed by atoms with van der Waals surface area (Å²) in [5.41, 5.74) is 1.07. The lowest BCUT2D eigenvalue weighted by Crippen LogP contribution is -2.55. The molecule has 0 amide bonds. The van der Waals surface area contributed by atoms with Crippen LogP contribution in [-0.2, 0) is 10.2 Å². The molecule has 1 aromatic heterocycles. The van der Waals surface area contributed by atoms with Gasteiger partial charge in [0, 0.05) is 70.8 Å². The second-order valence-electron chi connectivity index (χ2n) is 7.82. The lowest BCUT2D eigenvalue weighted by Gasteiger charge is -2.40. The van der Waals surface area contributed by atoms with E-state index in [0.29, 0.717) is 13.2 Å². The SMILES string of the molecule is CN=C(NCC1(c2ccc(F)cc2)CCOCC1)N1CCN(c2ncccn2)CC1.I. The van der Waals surface area contributed by atoms with Crippen molar-refractivity contribution in [1.29, 1.82) is 0 Å². The predicted octanol–water partition coefficient (Wildman–Crippen LogP) is 2.68. The molecular formula is C22H30FIN6O. The molecule has 2 aliphatic heterocycles. The highest BCUT2D eigenvalue weighted by atomic mass is 127. The number of benzene rings is 1. The molecule has 31 heavy (non-hydrogen) atoms. The van der Waals surface area contributed by atoms with Crippen molar-refractivity contribution in [3.05, 3.63) is 54.1 Å². The minimum atomic E-state index is -0.204. The quantitative estimate of drug-likeness (QED) is 0.366. The van der Waals surface area contributed by atoms with Crippen molar-refractivity contribution in [2.75, 3.05) is 57.9 Å². The van der Waals surface area contributed by atoms with Gasteiger partial charge < -0.3 is 19.9 Å². The Labute approximate surface area is 200 Å².